The zero-order chi connectivity index (χ0) is 15.3. The van der Waals surface area contributed by atoms with E-state index in [-0.39, 0.29) is 0 Å². The Labute approximate surface area is 131 Å². The van der Waals surface area contributed by atoms with E-state index < -0.39 is 0 Å². The summed E-state index contributed by atoms with van der Waals surface area (Å²) in [6.07, 6.45) is 6.93. The zero-order valence-electron chi connectivity index (χ0n) is 14.7. The highest BCUT2D eigenvalue weighted by Gasteiger charge is 2.50. The molecule has 1 N–H and O–H groups in total. The van der Waals surface area contributed by atoms with Crippen molar-refractivity contribution in [1.29, 1.82) is 0 Å². The highest BCUT2D eigenvalue weighted by atomic mass is 16.5. The molecule has 2 rings (SSSR count). The highest BCUT2D eigenvalue weighted by molar-refractivity contribution is 5.04. The van der Waals surface area contributed by atoms with Gasteiger partial charge < -0.3 is 15.0 Å². The van der Waals surface area contributed by atoms with E-state index in [0.29, 0.717) is 17.6 Å². The predicted molar refractivity (Wildman–Crippen MR) is 89.7 cm³/mol. The molecular weight excluding hydrogens is 260 g/mol. The molecule has 3 atom stereocenters. The van der Waals surface area contributed by atoms with Crippen LogP contribution in [0.2, 0.25) is 0 Å². The van der Waals surface area contributed by atoms with Crippen molar-refractivity contribution in [3.63, 3.8) is 0 Å². The first-order chi connectivity index (χ1) is 10.1. The van der Waals surface area contributed by atoms with Crippen molar-refractivity contribution >= 4 is 0 Å². The Morgan fingerprint density at radius 2 is 1.95 bits per heavy atom. The van der Waals surface area contributed by atoms with Crippen molar-refractivity contribution in [1.82, 2.24) is 10.2 Å². The van der Waals surface area contributed by atoms with Crippen LogP contribution < -0.4 is 5.32 Å². The van der Waals surface area contributed by atoms with Crippen molar-refractivity contribution in [2.75, 3.05) is 32.8 Å². The Bertz CT molecular complexity index is 302. The third-order valence-electron chi connectivity index (χ3n) is 6.03. The maximum atomic E-state index is 5.88. The van der Waals surface area contributed by atoms with Crippen LogP contribution in [0.4, 0.5) is 0 Å². The Hall–Kier alpha value is -0.120. The smallest absolute Gasteiger partial charge is 0.0658 e. The van der Waals surface area contributed by atoms with Gasteiger partial charge in [-0.15, -0.1) is 0 Å². The molecule has 1 heterocycles. The summed E-state index contributed by atoms with van der Waals surface area (Å²) in [5.41, 5.74) is 0.344. The Balaban J connectivity index is 1.61. The van der Waals surface area contributed by atoms with Gasteiger partial charge in [0.05, 0.1) is 6.10 Å². The lowest BCUT2D eigenvalue weighted by Crippen LogP contribution is -2.62. The van der Waals surface area contributed by atoms with E-state index in [1.807, 2.05) is 0 Å². The second-order valence-corrected chi connectivity index (χ2v) is 7.42. The number of hydrogen-bond donors (Lipinski definition) is 1. The predicted octanol–water partition coefficient (Wildman–Crippen LogP) is 3.29. The molecule has 3 nitrogen and oxygen atoms in total. The number of nitrogens with zero attached hydrogens (tertiary/aromatic N) is 1. The summed E-state index contributed by atoms with van der Waals surface area (Å²) in [4.78, 5) is 2.64. The SMILES string of the molecule is CCOC1CC(NCCCN2CCC(C)CC2)C1(C)CC. The lowest BCUT2D eigenvalue weighted by molar-refractivity contribution is -0.125. The molecule has 0 amide bonds. The molecule has 1 saturated heterocycles. The first-order valence-electron chi connectivity index (χ1n) is 9.17. The van der Waals surface area contributed by atoms with Crippen LogP contribution in [0.5, 0.6) is 0 Å². The van der Waals surface area contributed by atoms with Gasteiger partial charge in [-0.05, 0) is 71.1 Å². The molecule has 1 aliphatic heterocycles. The van der Waals surface area contributed by atoms with Gasteiger partial charge in [0, 0.05) is 18.1 Å². The summed E-state index contributed by atoms with van der Waals surface area (Å²) < 4.78 is 5.88. The van der Waals surface area contributed by atoms with Crippen molar-refractivity contribution in [3.8, 4) is 0 Å². The fraction of sp³-hybridized carbons (Fsp3) is 1.00. The summed E-state index contributed by atoms with van der Waals surface area (Å²) >= 11 is 0. The maximum Gasteiger partial charge on any atom is 0.0658 e. The number of piperidine rings is 1. The second-order valence-electron chi connectivity index (χ2n) is 7.42. The lowest BCUT2D eigenvalue weighted by Gasteiger charge is -2.54. The van der Waals surface area contributed by atoms with Crippen LogP contribution in [0.15, 0.2) is 0 Å². The minimum absolute atomic E-state index is 0.344. The van der Waals surface area contributed by atoms with Crippen LogP contribution in [0.1, 0.15) is 59.8 Å². The number of ether oxygens (including phenoxy) is 1. The van der Waals surface area contributed by atoms with Gasteiger partial charge in [-0.1, -0.05) is 20.8 Å². The number of rotatable bonds is 8. The Kier molecular flexibility index (Phi) is 6.51. The van der Waals surface area contributed by atoms with Crippen LogP contribution in [0.3, 0.4) is 0 Å². The van der Waals surface area contributed by atoms with Gasteiger partial charge in [-0.2, -0.15) is 0 Å². The highest BCUT2D eigenvalue weighted by Crippen LogP contribution is 2.45. The number of likely N-dealkylation sites (tertiary alicyclic amines) is 1. The molecule has 3 unspecified atom stereocenters. The molecule has 21 heavy (non-hydrogen) atoms. The zero-order valence-corrected chi connectivity index (χ0v) is 14.7. The molecule has 0 radical (unpaired) electrons. The number of hydrogen-bond acceptors (Lipinski definition) is 3. The summed E-state index contributed by atoms with van der Waals surface area (Å²) in [5.74, 6) is 0.940. The van der Waals surface area contributed by atoms with Gasteiger partial charge in [0.15, 0.2) is 0 Å². The third-order valence-corrected chi connectivity index (χ3v) is 6.03. The number of nitrogens with one attached hydrogen (secondary N) is 1. The molecule has 2 aliphatic rings. The van der Waals surface area contributed by atoms with Crippen LogP contribution in [-0.4, -0.2) is 49.8 Å². The van der Waals surface area contributed by atoms with Crippen molar-refractivity contribution in [2.45, 2.75) is 71.9 Å². The average molecular weight is 296 g/mol. The van der Waals surface area contributed by atoms with Crippen molar-refractivity contribution < 1.29 is 4.74 Å². The summed E-state index contributed by atoms with van der Waals surface area (Å²) in [6, 6.07) is 0.653. The monoisotopic (exact) mass is 296 g/mol. The van der Waals surface area contributed by atoms with Gasteiger partial charge in [0.25, 0.3) is 0 Å². The normalized spacial score (nSPS) is 34.9. The fourth-order valence-corrected chi connectivity index (χ4v) is 3.93. The standard InChI is InChI=1S/C18H36N2O/c1-5-18(4)16(14-17(18)21-6-2)19-10-7-11-20-12-8-15(3)9-13-20/h15-17,19H,5-14H2,1-4H3. The average Bonchev–Trinajstić information content (AvgIpc) is 2.50. The summed E-state index contributed by atoms with van der Waals surface area (Å²) in [5, 5.41) is 3.79. The van der Waals surface area contributed by atoms with Crippen molar-refractivity contribution in [2.24, 2.45) is 11.3 Å². The van der Waals surface area contributed by atoms with E-state index >= 15 is 0 Å². The molecule has 2 fully saturated rings. The molecule has 3 heteroatoms. The Morgan fingerprint density at radius 1 is 1.24 bits per heavy atom. The van der Waals surface area contributed by atoms with E-state index in [9.17, 15) is 0 Å². The van der Waals surface area contributed by atoms with Crippen LogP contribution in [0, 0.1) is 11.3 Å². The molecule has 0 aromatic heterocycles. The van der Waals surface area contributed by atoms with Crippen LogP contribution >= 0.6 is 0 Å². The first kappa shape index (κ1) is 17.2. The van der Waals surface area contributed by atoms with E-state index in [0.717, 1.165) is 19.1 Å². The van der Waals surface area contributed by atoms with E-state index in [1.54, 1.807) is 0 Å². The van der Waals surface area contributed by atoms with Gasteiger partial charge in [0.1, 0.15) is 0 Å². The minimum atomic E-state index is 0.344. The van der Waals surface area contributed by atoms with Gasteiger partial charge in [0.2, 0.25) is 0 Å². The lowest BCUT2D eigenvalue weighted by atomic mass is 9.61. The Morgan fingerprint density at radius 3 is 2.57 bits per heavy atom. The first-order valence-corrected chi connectivity index (χ1v) is 9.17. The topological polar surface area (TPSA) is 24.5 Å². The molecule has 1 saturated carbocycles. The van der Waals surface area contributed by atoms with Crippen molar-refractivity contribution in [3.05, 3.63) is 0 Å². The summed E-state index contributed by atoms with van der Waals surface area (Å²) in [6.45, 7) is 15.1. The van der Waals surface area contributed by atoms with E-state index in [2.05, 4.69) is 37.9 Å². The minimum Gasteiger partial charge on any atom is -0.378 e. The fourth-order valence-electron chi connectivity index (χ4n) is 3.93. The molecule has 0 spiro atoms. The van der Waals surface area contributed by atoms with Crippen LogP contribution in [-0.2, 0) is 4.74 Å². The van der Waals surface area contributed by atoms with E-state index in [1.165, 1.54) is 51.7 Å². The summed E-state index contributed by atoms with van der Waals surface area (Å²) in [7, 11) is 0. The maximum absolute atomic E-state index is 5.88. The molecule has 124 valence electrons. The second kappa shape index (κ2) is 7.94. The van der Waals surface area contributed by atoms with Gasteiger partial charge in [-0.3, -0.25) is 0 Å². The molecule has 0 bridgehead atoms. The van der Waals surface area contributed by atoms with E-state index in [4.69, 9.17) is 4.74 Å². The van der Waals surface area contributed by atoms with Gasteiger partial charge in [-0.25, -0.2) is 0 Å². The molecule has 1 aliphatic carbocycles. The van der Waals surface area contributed by atoms with Gasteiger partial charge >= 0.3 is 0 Å². The molecule has 0 aromatic rings. The third kappa shape index (κ3) is 4.20. The quantitative estimate of drug-likeness (QED) is 0.696. The largest absolute Gasteiger partial charge is 0.378 e. The van der Waals surface area contributed by atoms with Crippen LogP contribution in [0.25, 0.3) is 0 Å². The molecule has 0 aromatic carbocycles. The molecular formula is C18H36N2O.